The lowest BCUT2D eigenvalue weighted by Crippen LogP contribution is -2.51. The van der Waals surface area contributed by atoms with Gasteiger partial charge in [0.05, 0.1) is 17.6 Å². The number of nitrogen functional groups attached to an aromatic ring is 1. The zero-order chi connectivity index (χ0) is 24.3. The maximum atomic E-state index is 13.0. The predicted molar refractivity (Wildman–Crippen MR) is 127 cm³/mol. The average molecular weight is 465 g/mol. The number of hydrogen-bond donors (Lipinski definition) is 2. The van der Waals surface area contributed by atoms with Crippen molar-refractivity contribution < 1.29 is 14.3 Å². The summed E-state index contributed by atoms with van der Waals surface area (Å²) in [6.07, 6.45) is 2.62. The monoisotopic (exact) mass is 464 g/mol. The molecule has 11 heteroatoms. The number of ether oxygens (including phenoxy) is 1. The van der Waals surface area contributed by atoms with E-state index in [9.17, 15) is 9.59 Å². The van der Waals surface area contributed by atoms with Crippen LogP contribution in [0.3, 0.4) is 0 Å². The minimum Gasteiger partial charge on any atom is -0.444 e. The molecular formula is C23H28N8O3. The molecule has 0 aliphatic carbocycles. The molecule has 3 aromatic rings. The zero-order valence-corrected chi connectivity index (χ0v) is 19.4. The summed E-state index contributed by atoms with van der Waals surface area (Å²) in [5.41, 5.74) is 7.08. The zero-order valence-electron chi connectivity index (χ0n) is 19.4. The summed E-state index contributed by atoms with van der Waals surface area (Å²) in [6, 6.07) is 10.7. The first-order valence-electron chi connectivity index (χ1n) is 11.0. The fourth-order valence-corrected chi connectivity index (χ4v) is 3.55. The number of benzene rings is 1. The van der Waals surface area contributed by atoms with Gasteiger partial charge in [0.25, 0.3) is 5.91 Å². The molecule has 2 amide bonds. The highest BCUT2D eigenvalue weighted by molar-refractivity contribution is 5.95. The van der Waals surface area contributed by atoms with E-state index in [-0.39, 0.29) is 12.0 Å². The van der Waals surface area contributed by atoms with Gasteiger partial charge in [0, 0.05) is 31.7 Å². The summed E-state index contributed by atoms with van der Waals surface area (Å²) in [7, 11) is 0. The summed E-state index contributed by atoms with van der Waals surface area (Å²) in [6.45, 7) is 7.25. The highest BCUT2D eigenvalue weighted by atomic mass is 16.6. The second-order valence-electron chi connectivity index (χ2n) is 8.90. The van der Waals surface area contributed by atoms with E-state index in [2.05, 4.69) is 20.2 Å². The molecule has 11 nitrogen and oxygen atoms in total. The molecule has 178 valence electrons. The van der Waals surface area contributed by atoms with Gasteiger partial charge in [-0.1, -0.05) is 0 Å². The second-order valence-corrected chi connectivity index (χ2v) is 8.90. The molecule has 0 spiro atoms. The number of carbonyl (C=O) groups is 2. The van der Waals surface area contributed by atoms with E-state index in [4.69, 9.17) is 10.5 Å². The van der Waals surface area contributed by atoms with Gasteiger partial charge in [-0.2, -0.15) is 10.1 Å². The fraction of sp³-hybridized carbons (Fsp3) is 0.348. The van der Waals surface area contributed by atoms with Crippen LogP contribution in [0.1, 0.15) is 31.1 Å². The number of carbonyl (C=O) groups excluding carboxylic acids is 2. The van der Waals surface area contributed by atoms with Crippen molar-refractivity contribution >= 4 is 35.1 Å². The Bertz CT molecular complexity index is 1120. The average Bonchev–Trinajstić information content (AvgIpc) is 3.34. The van der Waals surface area contributed by atoms with Gasteiger partial charge in [0.15, 0.2) is 0 Å². The van der Waals surface area contributed by atoms with Gasteiger partial charge in [-0.3, -0.25) is 9.69 Å². The number of nitrogens with zero attached hydrogens (tertiary/aromatic N) is 6. The Hall–Kier alpha value is -4.15. The van der Waals surface area contributed by atoms with Crippen molar-refractivity contribution in [3.8, 4) is 0 Å². The summed E-state index contributed by atoms with van der Waals surface area (Å²) in [5, 5.41) is 6.77. The van der Waals surface area contributed by atoms with Crippen LogP contribution < -0.4 is 10.6 Å². The summed E-state index contributed by atoms with van der Waals surface area (Å²) >= 11 is 0. The van der Waals surface area contributed by atoms with Gasteiger partial charge >= 0.3 is 6.09 Å². The fourth-order valence-electron chi connectivity index (χ4n) is 3.55. The Balaban J connectivity index is 1.45. The maximum absolute atomic E-state index is 13.0. The van der Waals surface area contributed by atoms with Crippen molar-refractivity contribution in [1.82, 2.24) is 30.0 Å². The first-order chi connectivity index (χ1) is 16.2. The Morgan fingerprint density at radius 1 is 1.00 bits per heavy atom. The van der Waals surface area contributed by atoms with Crippen LogP contribution in [0.15, 0.2) is 48.9 Å². The highest BCUT2D eigenvalue weighted by Gasteiger charge is 2.28. The number of nitrogens with two attached hydrogens (primary N) is 1. The molecule has 0 atom stereocenters. The van der Waals surface area contributed by atoms with Crippen LogP contribution in [0.25, 0.3) is 0 Å². The third-order valence-electron chi connectivity index (χ3n) is 5.20. The number of rotatable bonds is 4. The van der Waals surface area contributed by atoms with Gasteiger partial charge in [0.2, 0.25) is 5.95 Å². The topological polar surface area (TPSA) is 134 Å². The third kappa shape index (κ3) is 5.25. The van der Waals surface area contributed by atoms with Crippen molar-refractivity contribution in [1.29, 1.82) is 0 Å². The molecule has 2 aromatic heterocycles. The molecular weight excluding hydrogens is 436 g/mol. The SMILES string of the molecule is CC(C)(C)OC(=O)N1CCN(C(=O)c2ccc(N(c3ccc(N)cn3)c3ncn[nH]3)cc2)CC1. The molecule has 0 unspecified atom stereocenters. The highest BCUT2D eigenvalue weighted by Crippen LogP contribution is 2.30. The van der Waals surface area contributed by atoms with Crippen molar-refractivity contribution in [3.63, 3.8) is 0 Å². The smallest absolute Gasteiger partial charge is 0.410 e. The lowest BCUT2D eigenvalue weighted by atomic mass is 10.1. The lowest BCUT2D eigenvalue weighted by molar-refractivity contribution is 0.0141. The summed E-state index contributed by atoms with van der Waals surface area (Å²) < 4.78 is 5.42. The summed E-state index contributed by atoms with van der Waals surface area (Å²) in [4.78, 5) is 39.1. The minimum absolute atomic E-state index is 0.0905. The van der Waals surface area contributed by atoms with E-state index in [0.29, 0.717) is 49.2 Å². The second kappa shape index (κ2) is 9.38. The number of anilines is 4. The molecule has 1 saturated heterocycles. The van der Waals surface area contributed by atoms with E-state index in [0.717, 1.165) is 5.69 Å². The van der Waals surface area contributed by atoms with Crippen molar-refractivity contribution in [2.24, 2.45) is 0 Å². The van der Waals surface area contributed by atoms with E-state index in [1.165, 1.54) is 6.33 Å². The van der Waals surface area contributed by atoms with Crippen molar-refractivity contribution in [3.05, 3.63) is 54.5 Å². The molecule has 3 N–H and O–H groups in total. The van der Waals surface area contributed by atoms with Gasteiger partial charge < -0.3 is 20.3 Å². The molecule has 4 rings (SSSR count). The number of aromatic nitrogens is 4. The van der Waals surface area contributed by atoms with Crippen LogP contribution in [0.5, 0.6) is 0 Å². The molecule has 0 saturated carbocycles. The molecule has 34 heavy (non-hydrogen) atoms. The molecule has 0 radical (unpaired) electrons. The van der Waals surface area contributed by atoms with E-state index in [1.54, 1.807) is 45.2 Å². The normalized spacial score (nSPS) is 14.1. The number of nitrogens with one attached hydrogen (secondary N) is 1. The van der Waals surface area contributed by atoms with E-state index >= 15 is 0 Å². The molecule has 0 bridgehead atoms. The number of H-pyrrole nitrogens is 1. The van der Waals surface area contributed by atoms with Crippen LogP contribution in [-0.2, 0) is 4.74 Å². The van der Waals surface area contributed by atoms with Crippen molar-refractivity contribution in [2.75, 3.05) is 36.8 Å². The quantitative estimate of drug-likeness (QED) is 0.602. The number of piperazine rings is 1. The van der Waals surface area contributed by atoms with Crippen LogP contribution in [-0.4, -0.2) is 73.7 Å². The Labute approximate surface area is 197 Å². The van der Waals surface area contributed by atoms with Gasteiger partial charge in [-0.05, 0) is 57.2 Å². The van der Waals surface area contributed by atoms with E-state index < -0.39 is 5.60 Å². The largest absolute Gasteiger partial charge is 0.444 e. The van der Waals surface area contributed by atoms with Crippen LogP contribution >= 0.6 is 0 Å². The molecule has 1 aliphatic rings. The van der Waals surface area contributed by atoms with Gasteiger partial charge in [-0.25, -0.2) is 14.9 Å². The van der Waals surface area contributed by atoms with Crippen LogP contribution in [0.4, 0.5) is 27.9 Å². The third-order valence-corrected chi connectivity index (χ3v) is 5.20. The van der Waals surface area contributed by atoms with Crippen LogP contribution in [0.2, 0.25) is 0 Å². The van der Waals surface area contributed by atoms with Crippen LogP contribution in [0, 0.1) is 0 Å². The van der Waals surface area contributed by atoms with Gasteiger partial charge in [0.1, 0.15) is 17.7 Å². The lowest BCUT2D eigenvalue weighted by Gasteiger charge is -2.35. The standard InChI is InChI=1S/C23H28N8O3/c1-23(2,3)34-22(33)30-12-10-29(11-13-30)20(32)16-4-7-18(8-5-16)31(21-26-15-27-28-21)19-9-6-17(24)14-25-19/h4-9,14-15H,10-13,24H2,1-3H3,(H,26,27,28). The summed E-state index contributed by atoms with van der Waals surface area (Å²) in [5.74, 6) is 0.991. The number of aromatic amines is 1. The van der Waals surface area contributed by atoms with E-state index in [1.807, 2.05) is 32.9 Å². The Kier molecular flexibility index (Phi) is 6.35. The maximum Gasteiger partial charge on any atom is 0.410 e. The molecule has 1 aliphatic heterocycles. The molecule has 1 fully saturated rings. The number of hydrogen-bond acceptors (Lipinski definition) is 8. The van der Waals surface area contributed by atoms with Crippen molar-refractivity contribution in [2.45, 2.75) is 26.4 Å². The Morgan fingerprint density at radius 3 is 2.24 bits per heavy atom. The Morgan fingerprint density at radius 2 is 1.68 bits per heavy atom. The molecule has 1 aromatic carbocycles. The molecule has 3 heterocycles. The first kappa shape index (κ1) is 23.0. The number of pyridine rings is 1. The number of amides is 2. The predicted octanol–water partition coefficient (Wildman–Crippen LogP) is 2.94. The minimum atomic E-state index is -0.548. The van der Waals surface area contributed by atoms with Gasteiger partial charge in [-0.15, -0.1) is 0 Å². The first-order valence-corrected chi connectivity index (χ1v) is 11.0.